The molecule has 0 amide bonds. The third-order valence-electron chi connectivity index (χ3n) is 2.67. The number of hydrogen-bond acceptors (Lipinski definition) is 3. The van der Waals surface area contributed by atoms with Crippen molar-refractivity contribution in [1.29, 1.82) is 0 Å². The zero-order valence-electron chi connectivity index (χ0n) is 10.2. The highest BCUT2D eigenvalue weighted by atomic mass is 32.1. The van der Waals surface area contributed by atoms with Gasteiger partial charge in [-0.1, -0.05) is 19.1 Å². The van der Waals surface area contributed by atoms with Crippen LogP contribution in [0.15, 0.2) is 30.3 Å². The molecule has 0 radical (unpaired) electrons. The highest BCUT2D eigenvalue weighted by Crippen LogP contribution is 2.27. The molecule has 2 rings (SSSR count). The molecular formula is C14H17NOS. The first-order valence-electron chi connectivity index (χ1n) is 5.76. The van der Waals surface area contributed by atoms with Crippen molar-refractivity contribution in [2.45, 2.75) is 26.9 Å². The van der Waals surface area contributed by atoms with Crippen LogP contribution in [-0.4, -0.2) is 0 Å². The van der Waals surface area contributed by atoms with Crippen LogP contribution in [0, 0.1) is 6.92 Å². The van der Waals surface area contributed by atoms with Gasteiger partial charge in [-0.25, -0.2) is 0 Å². The lowest BCUT2D eigenvalue weighted by Gasteiger charge is -2.10. The van der Waals surface area contributed by atoms with Gasteiger partial charge in [0.05, 0.1) is 5.69 Å². The highest BCUT2D eigenvalue weighted by molar-refractivity contribution is 7.11. The van der Waals surface area contributed by atoms with Crippen molar-refractivity contribution >= 4 is 17.0 Å². The minimum Gasteiger partial charge on any atom is -0.486 e. The summed E-state index contributed by atoms with van der Waals surface area (Å²) in [7, 11) is 0. The molecule has 1 aromatic heterocycles. The minimum atomic E-state index is 0.597. The van der Waals surface area contributed by atoms with E-state index < -0.39 is 0 Å². The van der Waals surface area contributed by atoms with E-state index in [2.05, 4.69) is 19.1 Å². The van der Waals surface area contributed by atoms with E-state index in [4.69, 9.17) is 10.5 Å². The summed E-state index contributed by atoms with van der Waals surface area (Å²) < 4.78 is 5.80. The summed E-state index contributed by atoms with van der Waals surface area (Å²) in [6.45, 7) is 4.77. The Morgan fingerprint density at radius 2 is 1.94 bits per heavy atom. The van der Waals surface area contributed by atoms with Crippen molar-refractivity contribution in [3.8, 4) is 5.75 Å². The quantitative estimate of drug-likeness (QED) is 0.834. The number of thiophene rings is 1. The number of benzene rings is 1. The molecule has 2 nitrogen and oxygen atoms in total. The summed E-state index contributed by atoms with van der Waals surface area (Å²) in [6.07, 6.45) is 1.08. The summed E-state index contributed by atoms with van der Waals surface area (Å²) in [5, 5.41) is 0. The van der Waals surface area contributed by atoms with Crippen LogP contribution in [0.5, 0.6) is 5.75 Å². The molecule has 3 heteroatoms. The third kappa shape index (κ3) is 2.80. The molecular weight excluding hydrogens is 230 g/mol. The molecule has 1 aromatic carbocycles. The fraction of sp³-hybridized carbons (Fsp3) is 0.286. The number of nitrogen functional groups attached to an aromatic ring is 1. The van der Waals surface area contributed by atoms with Crippen molar-refractivity contribution in [3.05, 3.63) is 45.6 Å². The van der Waals surface area contributed by atoms with Crippen molar-refractivity contribution in [1.82, 2.24) is 0 Å². The Morgan fingerprint density at radius 3 is 2.59 bits per heavy atom. The Hall–Kier alpha value is -1.48. The Labute approximate surface area is 106 Å². The van der Waals surface area contributed by atoms with Crippen molar-refractivity contribution < 1.29 is 4.74 Å². The maximum Gasteiger partial charge on any atom is 0.145 e. The molecule has 0 saturated heterocycles. The Kier molecular flexibility index (Phi) is 3.69. The summed E-state index contributed by atoms with van der Waals surface area (Å²) in [5.41, 5.74) is 7.68. The van der Waals surface area contributed by atoms with Crippen molar-refractivity contribution in [2.24, 2.45) is 0 Å². The van der Waals surface area contributed by atoms with Gasteiger partial charge in [-0.05, 0) is 37.1 Å². The topological polar surface area (TPSA) is 35.2 Å². The first kappa shape index (κ1) is 12.0. The van der Waals surface area contributed by atoms with Gasteiger partial charge in [-0.2, -0.15) is 0 Å². The maximum atomic E-state index is 5.90. The Morgan fingerprint density at radius 1 is 1.18 bits per heavy atom. The average Bonchev–Trinajstić information content (AvgIpc) is 2.76. The monoisotopic (exact) mass is 247 g/mol. The number of ether oxygens (including phenoxy) is 1. The standard InChI is InChI=1S/C14H17NOS/c1-3-11-7-8-12(17-11)9-16-14-10(2)5-4-6-13(14)15/h4-8H,3,9,15H2,1-2H3. The van der Waals surface area contributed by atoms with Gasteiger partial charge in [0, 0.05) is 9.75 Å². The molecule has 2 N–H and O–H groups in total. The Balaban J connectivity index is 2.07. The fourth-order valence-corrected chi connectivity index (χ4v) is 2.58. The van der Waals surface area contributed by atoms with Crippen LogP contribution in [0.25, 0.3) is 0 Å². The maximum absolute atomic E-state index is 5.90. The van der Waals surface area contributed by atoms with Crippen LogP contribution in [0.4, 0.5) is 5.69 Å². The van der Waals surface area contributed by atoms with Gasteiger partial charge in [-0.15, -0.1) is 11.3 Å². The predicted octanol–water partition coefficient (Wildman–Crippen LogP) is 3.78. The van der Waals surface area contributed by atoms with E-state index in [1.54, 1.807) is 11.3 Å². The summed E-state index contributed by atoms with van der Waals surface area (Å²) in [5.74, 6) is 0.805. The van der Waals surface area contributed by atoms with Gasteiger partial charge >= 0.3 is 0 Å². The van der Waals surface area contributed by atoms with Crippen LogP contribution < -0.4 is 10.5 Å². The molecule has 0 aliphatic rings. The van der Waals surface area contributed by atoms with E-state index in [1.807, 2.05) is 25.1 Å². The molecule has 0 aliphatic heterocycles. The third-order valence-corrected chi connectivity index (χ3v) is 3.87. The Bertz CT molecular complexity index is 484. The van der Waals surface area contributed by atoms with Crippen LogP contribution in [0.1, 0.15) is 22.2 Å². The van der Waals surface area contributed by atoms with Crippen LogP contribution in [0.2, 0.25) is 0 Å². The van der Waals surface area contributed by atoms with E-state index in [9.17, 15) is 0 Å². The number of aryl methyl sites for hydroxylation is 2. The van der Waals surface area contributed by atoms with Gasteiger partial charge in [0.2, 0.25) is 0 Å². The van der Waals surface area contributed by atoms with Crippen LogP contribution in [0.3, 0.4) is 0 Å². The van der Waals surface area contributed by atoms with E-state index in [0.29, 0.717) is 12.3 Å². The molecule has 0 fully saturated rings. The van der Waals surface area contributed by atoms with E-state index in [-0.39, 0.29) is 0 Å². The zero-order valence-corrected chi connectivity index (χ0v) is 11.0. The lowest BCUT2D eigenvalue weighted by molar-refractivity contribution is 0.309. The second-order valence-corrected chi connectivity index (χ2v) is 5.26. The molecule has 2 aromatic rings. The van der Waals surface area contributed by atoms with Gasteiger partial charge in [0.25, 0.3) is 0 Å². The molecule has 1 heterocycles. The lowest BCUT2D eigenvalue weighted by atomic mass is 10.2. The van der Waals surface area contributed by atoms with E-state index in [1.165, 1.54) is 9.75 Å². The summed E-state index contributed by atoms with van der Waals surface area (Å²) in [4.78, 5) is 2.63. The SMILES string of the molecule is CCc1ccc(COc2c(C)cccc2N)s1. The summed E-state index contributed by atoms with van der Waals surface area (Å²) >= 11 is 1.80. The molecule has 0 aliphatic carbocycles. The molecule has 17 heavy (non-hydrogen) atoms. The number of hydrogen-bond donors (Lipinski definition) is 1. The first-order chi connectivity index (χ1) is 8.20. The first-order valence-corrected chi connectivity index (χ1v) is 6.58. The van der Waals surface area contributed by atoms with Crippen LogP contribution >= 0.6 is 11.3 Å². The van der Waals surface area contributed by atoms with Crippen molar-refractivity contribution in [3.63, 3.8) is 0 Å². The van der Waals surface area contributed by atoms with Crippen molar-refractivity contribution in [2.75, 3.05) is 5.73 Å². The van der Waals surface area contributed by atoms with Crippen LogP contribution in [-0.2, 0) is 13.0 Å². The van der Waals surface area contributed by atoms with Gasteiger partial charge in [-0.3, -0.25) is 0 Å². The predicted molar refractivity (Wildman–Crippen MR) is 73.6 cm³/mol. The molecule has 90 valence electrons. The van der Waals surface area contributed by atoms with E-state index >= 15 is 0 Å². The van der Waals surface area contributed by atoms with E-state index in [0.717, 1.165) is 17.7 Å². The second-order valence-electron chi connectivity index (χ2n) is 4.00. The largest absolute Gasteiger partial charge is 0.486 e. The zero-order chi connectivity index (χ0) is 12.3. The fourth-order valence-electron chi connectivity index (χ4n) is 1.71. The molecule has 0 unspecified atom stereocenters. The highest BCUT2D eigenvalue weighted by Gasteiger charge is 2.05. The molecule has 0 saturated carbocycles. The molecule has 0 bridgehead atoms. The van der Waals surface area contributed by atoms with Gasteiger partial charge in [0.15, 0.2) is 0 Å². The van der Waals surface area contributed by atoms with Gasteiger partial charge in [0.1, 0.15) is 12.4 Å². The number of rotatable bonds is 4. The average molecular weight is 247 g/mol. The normalized spacial score (nSPS) is 10.5. The number of anilines is 1. The molecule has 0 spiro atoms. The minimum absolute atomic E-state index is 0.597. The van der Waals surface area contributed by atoms with Gasteiger partial charge < -0.3 is 10.5 Å². The smallest absolute Gasteiger partial charge is 0.145 e. The number of nitrogens with two attached hydrogens (primary N) is 1. The lowest BCUT2D eigenvalue weighted by Crippen LogP contribution is -1.99. The summed E-state index contributed by atoms with van der Waals surface area (Å²) in [6, 6.07) is 10.1. The number of para-hydroxylation sites is 1. The molecule has 0 atom stereocenters. The second kappa shape index (κ2) is 5.23.